The normalized spacial score (nSPS) is 13.3. The number of carbonyl (C=O) groups is 2. The smallest absolute Gasteiger partial charge is 0.243 e. The largest absolute Gasteiger partial charge is 0.486 e. The molecule has 1 aliphatic rings. The second-order valence-corrected chi connectivity index (χ2v) is 5.61. The summed E-state index contributed by atoms with van der Waals surface area (Å²) in [5.41, 5.74) is 6.13. The predicted molar refractivity (Wildman–Crippen MR) is 100 cm³/mol. The first-order valence-electron chi connectivity index (χ1n) is 8.27. The lowest BCUT2D eigenvalue weighted by molar-refractivity contribution is -0.136. The second kappa shape index (κ2) is 10.8. The first-order chi connectivity index (χ1) is 12.1. The van der Waals surface area contributed by atoms with E-state index in [0.29, 0.717) is 36.9 Å². The van der Waals surface area contributed by atoms with Crippen molar-refractivity contribution in [2.24, 2.45) is 5.73 Å². The van der Waals surface area contributed by atoms with E-state index >= 15 is 0 Å². The minimum Gasteiger partial charge on any atom is -0.486 e. The molecule has 1 aromatic rings. The van der Waals surface area contributed by atoms with E-state index in [1.807, 2.05) is 6.92 Å². The van der Waals surface area contributed by atoms with Gasteiger partial charge in [0.1, 0.15) is 13.2 Å². The first-order valence-corrected chi connectivity index (χ1v) is 8.27. The number of carbonyl (C=O) groups excluding carboxylic acids is 2. The molecule has 0 saturated carbocycles. The molecule has 3 N–H and O–H groups in total. The predicted octanol–water partition coefficient (Wildman–Crippen LogP) is 1.03. The molecule has 2 amide bonds. The van der Waals surface area contributed by atoms with Crippen molar-refractivity contribution in [1.29, 1.82) is 0 Å². The number of hydrogen-bond acceptors (Lipinski definition) is 6. The van der Waals surface area contributed by atoms with Crippen LogP contribution >= 0.6 is 12.4 Å². The highest BCUT2D eigenvalue weighted by Gasteiger charge is 2.20. The molecule has 1 aliphatic heterocycles. The van der Waals surface area contributed by atoms with Crippen LogP contribution in [-0.2, 0) is 14.3 Å². The summed E-state index contributed by atoms with van der Waals surface area (Å²) in [5, 5.41) is 2.77. The maximum Gasteiger partial charge on any atom is 0.243 e. The highest BCUT2D eigenvalue weighted by molar-refractivity contribution is 5.94. The Kier molecular flexibility index (Phi) is 9.18. The van der Waals surface area contributed by atoms with E-state index in [1.165, 1.54) is 12.0 Å². The highest BCUT2D eigenvalue weighted by Crippen LogP contribution is 2.32. The van der Waals surface area contributed by atoms with Crippen molar-refractivity contribution in [3.05, 3.63) is 18.2 Å². The molecule has 0 saturated heterocycles. The Labute approximate surface area is 159 Å². The Morgan fingerprint density at radius 2 is 2.00 bits per heavy atom. The fraction of sp³-hybridized carbons (Fsp3) is 0.529. The average molecular weight is 388 g/mol. The Bertz CT molecular complexity index is 610. The van der Waals surface area contributed by atoms with Gasteiger partial charge in [-0.1, -0.05) is 0 Å². The SMILES string of the molecule is CCN(CC(=O)Nc1ccc2c(c1)OCCO2)C(=O)CC(CN)OC.Cl. The quantitative estimate of drug-likeness (QED) is 0.690. The van der Waals surface area contributed by atoms with E-state index < -0.39 is 0 Å². The summed E-state index contributed by atoms with van der Waals surface area (Å²) in [7, 11) is 1.51. The van der Waals surface area contributed by atoms with Crippen LogP contribution in [0.3, 0.4) is 0 Å². The Balaban J connectivity index is 0.00000338. The summed E-state index contributed by atoms with van der Waals surface area (Å²) >= 11 is 0. The van der Waals surface area contributed by atoms with Gasteiger partial charge in [-0.3, -0.25) is 9.59 Å². The van der Waals surface area contributed by atoms with Gasteiger partial charge in [0.05, 0.1) is 19.1 Å². The number of halogens is 1. The van der Waals surface area contributed by atoms with Gasteiger partial charge >= 0.3 is 0 Å². The van der Waals surface area contributed by atoms with E-state index in [4.69, 9.17) is 19.9 Å². The minimum atomic E-state index is -0.345. The fourth-order valence-electron chi connectivity index (χ4n) is 2.46. The maximum atomic E-state index is 12.3. The van der Waals surface area contributed by atoms with Gasteiger partial charge < -0.3 is 30.2 Å². The van der Waals surface area contributed by atoms with Crippen molar-refractivity contribution in [1.82, 2.24) is 4.90 Å². The number of anilines is 1. The van der Waals surface area contributed by atoms with Gasteiger partial charge in [-0.05, 0) is 19.1 Å². The first kappa shape index (κ1) is 22.0. The summed E-state index contributed by atoms with van der Waals surface area (Å²) in [6.07, 6.45) is -0.194. The van der Waals surface area contributed by atoms with Crippen LogP contribution in [0.15, 0.2) is 18.2 Å². The summed E-state index contributed by atoms with van der Waals surface area (Å²) in [6, 6.07) is 5.19. The van der Waals surface area contributed by atoms with Crippen LogP contribution in [0.4, 0.5) is 5.69 Å². The Morgan fingerprint density at radius 3 is 2.62 bits per heavy atom. The van der Waals surface area contributed by atoms with Crippen LogP contribution in [0.25, 0.3) is 0 Å². The molecule has 1 heterocycles. The third kappa shape index (κ3) is 6.05. The number of nitrogens with two attached hydrogens (primary N) is 1. The molecule has 9 heteroatoms. The van der Waals surface area contributed by atoms with Crippen LogP contribution in [0.5, 0.6) is 11.5 Å². The van der Waals surface area contributed by atoms with Crippen LogP contribution in [0.2, 0.25) is 0 Å². The molecule has 26 heavy (non-hydrogen) atoms. The monoisotopic (exact) mass is 387 g/mol. The van der Waals surface area contributed by atoms with Crippen LogP contribution in [0.1, 0.15) is 13.3 Å². The van der Waals surface area contributed by atoms with E-state index in [0.717, 1.165) is 0 Å². The van der Waals surface area contributed by atoms with Crippen molar-refractivity contribution < 1.29 is 23.8 Å². The van der Waals surface area contributed by atoms with Crippen LogP contribution in [-0.4, -0.2) is 62.8 Å². The third-order valence-corrected chi connectivity index (χ3v) is 3.89. The minimum absolute atomic E-state index is 0. The molecule has 0 aromatic heterocycles. The molecule has 0 bridgehead atoms. The number of ether oxygens (including phenoxy) is 3. The van der Waals surface area contributed by atoms with Gasteiger partial charge in [-0.15, -0.1) is 12.4 Å². The zero-order valence-corrected chi connectivity index (χ0v) is 15.8. The third-order valence-electron chi connectivity index (χ3n) is 3.89. The van der Waals surface area contributed by atoms with Crippen molar-refractivity contribution in [3.63, 3.8) is 0 Å². The topological polar surface area (TPSA) is 103 Å². The van der Waals surface area contributed by atoms with Gasteiger partial charge in [-0.2, -0.15) is 0 Å². The van der Waals surface area contributed by atoms with Crippen LogP contribution < -0.4 is 20.5 Å². The molecular weight excluding hydrogens is 362 g/mol. The molecule has 0 spiro atoms. The number of hydrogen-bond donors (Lipinski definition) is 2. The van der Waals surface area contributed by atoms with Crippen molar-refractivity contribution >= 4 is 29.9 Å². The summed E-state index contributed by atoms with van der Waals surface area (Å²) in [6.45, 7) is 3.45. The Hall–Kier alpha value is -2.03. The lowest BCUT2D eigenvalue weighted by Gasteiger charge is -2.23. The number of amides is 2. The van der Waals surface area contributed by atoms with Gasteiger partial charge in [0.2, 0.25) is 11.8 Å². The van der Waals surface area contributed by atoms with Gasteiger partial charge in [-0.25, -0.2) is 0 Å². The van der Waals surface area contributed by atoms with Gasteiger partial charge in [0.15, 0.2) is 11.5 Å². The van der Waals surface area contributed by atoms with E-state index in [1.54, 1.807) is 18.2 Å². The zero-order valence-electron chi connectivity index (χ0n) is 15.0. The summed E-state index contributed by atoms with van der Waals surface area (Å²) in [5.74, 6) is 0.797. The average Bonchev–Trinajstić information content (AvgIpc) is 2.63. The lowest BCUT2D eigenvalue weighted by atomic mass is 10.2. The van der Waals surface area contributed by atoms with Crippen LogP contribution in [0, 0.1) is 0 Å². The molecule has 1 atom stereocenters. The van der Waals surface area contributed by atoms with Crippen molar-refractivity contribution in [2.75, 3.05) is 45.3 Å². The van der Waals surface area contributed by atoms with E-state index in [2.05, 4.69) is 5.32 Å². The summed E-state index contributed by atoms with van der Waals surface area (Å²) in [4.78, 5) is 26.0. The molecule has 0 radical (unpaired) electrons. The standard InChI is InChI=1S/C17H25N3O5.ClH/c1-3-20(17(22)9-13(10-18)23-2)11-16(21)19-12-4-5-14-15(8-12)25-7-6-24-14;/h4-5,8,13H,3,6-7,9-11,18H2,1-2H3,(H,19,21);1H. The number of methoxy groups -OCH3 is 1. The highest BCUT2D eigenvalue weighted by atomic mass is 35.5. The molecule has 2 rings (SSSR count). The Morgan fingerprint density at radius 1 is 1.31 bits per heavy atom. The maximum absolute atomic E-state index is 12.3. The molecule has 1 aromatic carbocycles. The number of nitrogens with zero attached hydrogens (tertiary/aromatic N) is 1. The number of nitrogens with one attached hydrogen (secondary N) is 1. The molecular formula is C17H26ClN3O5. The van der Waals surface area contributed by atoms with Crippen molar-refractivity contribution in [3.8, 4) is 11.5 Å². The van der Waals surface area contributed by atoms with Crippen molar-refractivity contribution in [2.45, 2.75) is 19.4 Å². The number of likely N-dealkylation sites (N-methyl/N-ethyl adjacent to an activating group) is 1. The molecule has 8 nitrogen and oxygen atoms in total. The number of rotatable bonds is 8. The lowest BCUT2D eigenvalue weighted by Crippen LogP contribution is -2.40. The van der Waals surface area contributed by atoms with E-state index in [9.17, 15) is 9.59 Å². The number of fused-ring (bicyclic) bond motifs is 1. The molecule has 0 aliphatic carbocycles. The zero-order chi connectivity index (χ0) is 18.2. The summed E-state index contributed by atoms with van der Waals surface area (Å²) < 4.78 is 16.0. The van der Waals surface area contributed by atoms with Gasteiger partial charge in [0, 0.05) is 32.0 Å². The van der Waals surface area contributed by atoms with E-state index in [-0.39, 0.29) is 49.8 Å². The molecule has 146 valence electrons. The fourth-order valence-corrected chi connectivity index (χ4v) is 2.46. The van der Waals surface area contributed by atoms with Gasteiger partial charge in [0.25, 0.3) is 0 Å². The molecule has 1 unspecified atom stereocenters. The molecule has 0 fully saturated rings. The second-order valence-electron chi connectivity index (χ2n) is 5.61. The number of benzene rings is 1.